The van der Waals surface area contributed by atoms with Crippen LogP contribution in [0.5, 0.6) is 5.75 Å². The van der Waals surface area contributed by atoms with Crippen LogP contribution in [0, 0.1) is 0 Å². The largest absolute Gasteiger partial charge is 0.508 e. The van der Waals surface area contributed by atoms with Crippen LogP contribution in [-0.2, 0) is 0 Å². The molecule has 3 aromatic rings. The van der Waals surface area contributed by atoms with Gasteiger partial charge >= 0.3 is 0 Å². The second-order valence-electron chi connectivity index (χ2n) is 6.69. The molecule has 29 heavy (non-hydrogen) atoms. The molecule has 0 aromatic heterocycles. The van der Waals surface area contributed by atoms with Gasteiger partial charge in [-0.25, -0.2) is 0 Å². The van der Waals surface area contributed by atoms with Crippen LogP contribution >= 0.6 is 0 Å². The minimum atomic E-state index is -0.911. The van der Waals surface area contributed by atoms with Gasteiger partial charge in [-0.05, 0) is 53.6 Å². The monoisotopic (exact) mass is 380 g/mol. The summed E-state index contributed by atoms with van der Waals surface area (Å²) in [5.74, 6) is 0.190. The molecule has 1 atom stereocenters. The molecule has 0 amide bonds. The van der Waals surface area contributed by atoms with Crippen LogP contribution in [0.3, 0.4) is 0 Å². The number of nitrogens with zero attached hydrogens (tertiary/aromatic N) is 4. The molecule has 5 nitrogen and oxygen atoms in total. The lowest BCUT2D eigenvalue weighted by Gasteiger charge is -2.21. The SMILES string of the molecule is Oc1ccc(N=NC2(N=Nc3ccccc3)C=CC(c3ccccc3)=CC2)cc1. The summed E-state index contributed by atoms with van der Waals surface area (Å²) >= 11 is 0. The standard InChI is InChI=1S/C24H20N4O/c29-23-13-11-22(12-14-23)26-28-24(27-25-21-9-5-2-6-10-21)17-15-20(16-18-24)19-7-3-1-4-8-19/h1-17,29H,18H2. The van der Waals surface area contributed by atoms with E-state index in [1.165, 1.54) is 0 Å². The van der Waals surface area contributed by atoms with E-state index in [1.807, 2.05) is 60.7 Å². The van der Waals surface area contributed by atoms with E-state index in [2.05, 4.69) is 38.7 Å². The third-order valence-corrected chi connectivity index (χ3v) is 4.54. The summed E-state index contributed by atoms with van der Waals surface area (Å²) in [6.45, 7) is 0. The van der Waals surface area contributed by atoms with Crippen LogP contribution in [0.4, 0.5) is 11.4 Å². The Morgan fingerprint density at radius 2 is 1.28 bits per heavy atom. The van der Waals surface area contributed by atoms with Gasteiger partial charge in [-0.2, -0.15) is 20.5 Å². The van der Waals surface area contributed by atoms with Crippen molar-refractivity contribution in [2.24, 2.45) is 20.5 Å². The normalized spacial score (nSPS) is 19.0. The molecular formula is C24H20N4O. The maximum atomic E-state index is 9.45. The Kier molecular flexibility index (Phi) is 5.38. The molecule has 5 heteroatoms. The van der Waals surface area contributed by atoms with Crippen LogP contribution in [0.2, 0.25) is 0 Å². The van der Waals surface area contributed by atoms with E-state index in [1.54, 1.807) is 24.3 Å². The van der Waals surface area contributed by atoms with E-state index in [4.69, 9.17) is 0 Å². The average molecular weight is 380 g/mol. The first-order valence-corrected chi connectivity index (χ1v) is 9.37. The van der Waals surface area contributed by atoms with Gasteiger partial charge in [0.05, 0.1) is 11.4 Å². The summed E-state index contributed by atoms with van der Waals surface area (Å²) in [6.07, 6.45) is 6.60. The predicted molar refractivity (Wildman–Crippen MR) is 114 cm³/mol. The van der Waals surface area contributed by atoms with Crippen molar-refractivity contribution in [1.82, 2.24) is 0 Å². The molecule has 0 aliphatic heterocycles. The molecule has 0 spiro atoms. The third kappa shape index (κ3) is 4.71. The zero-order chi connectivity index (χ0) is 19.9. The minimum Gasteiger partial charge on any atom is -0.508 e. The fourth-order valence-corrected chi connectivity index (χ4v) is 2.94. The van der Waals surface area contributed by atoms with Gasteiger partial charge in [-0.15, -0.1) is 0 Å². The number of hydrogen-bond donors (Lipinski definition) is 1. The Bertz CT molecular complexity index is 1070. The Labute approximate surface area is 169 Å². The summed E-state index contributed by atoms with van der Waals surface area (Å²) < 4.78 is 0. The first kappa shape index (κ1) is 18.5. The Balaban J connectivity index is 1.63. The lowest BCUT2D eigenvalue weighted by Crippen LogP contribution is -2.20. The molecule has 0 bridgehead atoms. The molecule has 1 aliphatic carbocycles. The zero-order valence-corrected chi connectivity index (χ0v) is 15.8. The molecule has 1 unspecified atom stereocenters. The molecule has 142 valence electrons. The van der Waals surface area contributed by atoms with Gasteiger partial charge in [-0.1, -0.05) is 60.7 Å². The summed E-state index contributed by atoms with van der Waals surface area (Å²) in [5.41, 5.74) is 2.76. The van der Waals surface area contributed by atoms with Crippen LogP contribution in [0.15, 0.2) is 124 Å². The number of azo groups is 2. The minimum absolute atomic E-state index is 0.190. The van der Waals surface area contributed by atoms with Gasteiger partial charge in [0.15, 0.2) is 0 Å². The topological polar surface area (TPSA) is 69.7 Å². The van der Waals surface area contributed by atoms with Crippen molar-refractivity contribution in [2.45, 2.75) is 12.1 Å². The molecule has 0 fully saturated rings. The second-order valence-corrected chi connectivity index (χ2v) is 6.69. The van der Waals surface area contributed by atoms with Crippen molar-refractivity contribution in [3.63, 3.8) is 0 Å². The summed E-state index contributed by atoms with van der Waals surface area (Å²) in [7, 11) is 0. The quantitative estimate of drug-likeness (QED) is 0.476. The predicted octanol–water partition coefficient (Wildman–Crippen LogP) is 7.00. The molecule has 3 aromatic carbocycles. The van der Waals surface area contributed by atoms with Gasteiger partial charge in [0.2, 0.25) is 5.66 Å². The Morgan fingerprint density at radius 1 is 0.690 bits per heavy atom. The molecule has 4 rings (SSSR count). The number of aromatic hydroxyl groups is 1. The van der Waals surface area contributed by atoms with E-state index in [-0.39, 0.29) is 5.75 Å². The van der Waals surface area contributed by atoms with Gasteiger partial charge in [-0.3, -0.25) is 0 Å². The Hall–Kier alpha value is -3.86. The first-order valence-electron chi connectivity index (χ1n) is 9.37. The van der Waals surface area contributed by atoms with Gasteiger partial charge < -0.3 is 5.11 Å². The number of rotatable bonds is 5. The molecular weight excluding hydrogens is 360 g/mol. The Morgan fingerprint density at radius 3 is 1.86 bits per heavy atom. The van der Waals surface area contributed by atoms with E-state index in [0.717, 1.165) is 16.8 Å². The van der Waals surface area contributed by atoms with E-state index in [0.29, 0.717) is 12.1 Å². The van der Waals surface area contributed by atoms with Crippen LogP contribution in [0.1, 0.15) is 12.0 Å². The van der Waals surface area contributed by atoms with Gasteiger partial charge in [0.25, 0.3) is 0 Å². The second kappa shape index (κ2) is 8.44. The van der Waals surface area contributed by atoms with E-state index < -0.39 is 5.66 Å². The molecule has 0 heterocycles. The highest BCUT2D eigenvalue weighted by Gasteiger charge is 2.28. The smallest absolute Gasteiger partial charge is 0.213 e. The molecule has 0 radical (unpaired) electrons. The number of phenolic OH excluding ortho intramolecular Hbond substituents is 1. The number of phenols is 1. The van der Waals surface area contributed by atoms with E-state index >= 15 is 0 Å². The number of allylic oxidation sites excluding steroid dienone is 2. The van der Waals surface area contributed by atoms with Crippen molar-refractivity contribution in [3.8, 4) is 5.75 Å². The highest BCUT2D eigenvalue weighted by molar-refractivity contribution is 5.75. The van der Waals surface area contributed by atoms with Crippen molar-refractivity contribution in [1.29, 1.82) is 0 Å². The van der Waals surface area contributed by atoms with Gasteiger partial charge in [0.1, 0.15) is 5.75 Å². The van der Waals surface area contributed by atoms with Crippen molar-refractivity contribution < 1.29 is 5.11 Å². The average Bonchev–Trinajstić information content (AvgIpc) is 2.79. The summed E-state index contributed by atoms with van der Waals surface area (Å²) in [5, 5.41) is 27.2. The summed E-state index contributed by atoms with van der Waals surface area (Å²) in [4.78, 5) is 0. The highest BCUT2D eigenvalue weighted by atomic mass is 16.3. The van der Waals surface area contributed by atoms with Crippen LogP contribution < -0.4 is 0 Å². The van der Waals surface area contributed by atoms with E-state index in [9.17, 15) is 5.11 Å². The fourth-order valence-electron chi connectivity index (χ4n) is 2.94. The first-order chi connectivity index (χ1) is 14.2. The zero-order valence-electron chi connectivity index (χ0n) is 15.8. The molecule has 0 saturated heterocycles. The number of hydrogen-bond acceptors (Lipinski definition) is 5. The highest BCUT2D eigenvalue weighted by Crippen LogP contribution is 2.33. The van der Waals surface area contributed by atoms with Crippen molar-refractivity contribution in [3.05, 3.63) is 109 Å². The lowest BCUT2D eigenvalue weighted by atomic mass is 9.94. The fraction of sp³-hybridized carbons (Fsp3) is 0.0833. The summed E-state index contributed by atoms with van der Waals surface area (Å²) in [6, 6.07) is 26.3. The van der Waals surface area contributed by atoms with Crippen molar-refractivity contribution in [2.75, 3.05) is 0 Å². The molecule has 1 aliphatic rings. The molecule has 1 N–H and O–H groups in total. The number of benzene rings is 3. The third-order valence-electron chi connectivity index (χ3n) is 4.54. The van der Waals surface area contributed by atoms with Crippen LogP contribution in [0.25, 0.3) is 5.57 Å². The van der Waals surface area contributed by atoms with Gasteiger partial charge in [0, 0.05) is 6.42 Å². The molecule has 0 saturated carbocycles. The van der Waals surface area contributed by atoms with Crippen LogP contribution in [-0.4, -0.2) is 10.8 Å². The van der Waals surface area contributed by atoms with Crippen molar-refractivity contribution >= 4 is 16.9 Å². The maximum absolute atomic E-state index is 9.45. The maximum Gasteiger partial charge on any atom is 0.213 e. The lowest BCUT2D eigenvalue weighted by molar-refractivity contribution is 0.475.